The Kier molecular flexibility index (Phi) is 5.21. The Balaban J connectivity index is 1.56. The van der Waals surface area contributed by atoms with Gasteiger partial charge in [0.1, 0.15) is 5.82 Å². The lowest BCUT2D eigenvalue weighted by molar-refractivity contribution is -0.117. The van der Waals surface area contributed by atoms with Gasteiger partial charge in [0.05, 0.1) is 6.04 Å². The van der Waals surface area contributed by atoms with Crippen LogP contribution < -0.4 is 15.5 Å². The first kappa shape index (κ1) is 17.9. The van der Waals surface area contributed by atoms with E-state index in [1.807, 2.05) is 24.3 Å². The van der Waals surface area contributed by atoms with Crippen LogP contribution in [0.3, 0.4) is 0 Å². The van der Waals surface area contributed by atoms with Crippen LogP contribution in [0.1, 0.15) is 31.7 Å². The summed E-state index contributed by atoms with van der Waals surface area (Å²) in [5.41, 5.74) is 2.53. The van der Waals surface area contributed by atoms with Gasteiger partial charge in [0.15, 0.2) is 0 Å². The van der Waals surface area contributed by atoms with E-state index < -0.39 is 0 Å². The summed E-state index contributed by atoms with van der Waals surface area (Å²) in [5.74, 6) is -0.0130. The minimum absolute atomic E-state index is 0.0943. The van der Waals surface area contributed by atoms with E-state index in [9.17, 15) is 14.0 Å². The second-order valence-corrected chi connectivity index (χ2v) is 6.76. The first-order valence-electron chi connectivity index (χ1n) is 8.66. The van der Waals surface area contributed by atoms with Crippen LogP contribution >= 0.6 is 0 Å². The Morgan fingerprint density at radius 1 is 1.12 bits per heavy atom. The molecule has 0 aromatic heterocycles. The van der Waals surface area contributed by atoms with E-state index >= 15 is 0 Å². The summed E-state index contributed by atoms with van der Waals surface area (Å²) < 4.78 is 13.0. The minimum atomic E-state index is -0.349. The van der Waals surface area contributed by atoms with Crippen LogP contribution in [-0.4, -0.2) is 24.5 Å². The zero-order valence-electron chi connectivity index (χ0n) is 14.8. The molecule has 3 rings (SSSR count). The van der Waals surface area contributed by atoms with E-state index in [4.69, 9.17) is 0 Å². The summed E-state index contributed by atoms with van der Waals surface area (Å²) >= 11 is 0. The van der Waals surface area contributed by atoms with Gasteiger partial charge < -0.3 is 15.5 Å². The number of rotatable bonds is 4. The number of halogens is 1. The molecule has 136 valence electrons. The van der Waals surface area contributed by atoms with Gasteiger partial charge in [0.2, 0.25) is 5.91 Å². The second-order valence-electron chi connectivity index (χ2n) is 6.76. The molecule has 0 spiro atoms. The number of nitrogens with zero attached hydrogens (tertiary/aromatic N) is 1. The molecule has 1 unspecified atom stereocenters. The highest BCUT2D eigenvalue weighted by Crippen LogP contribution is 2.22. The molecule has 2 N–H and O–H groups in total. The summed E-state index contributed by atoms with van der Waals surface area (Å²) in [6, 6.07) is 12.8. The zero-order chi connectivity index (χ0) is 18.7. The molecule has 1 heterocycles. The van der Waals surface area contributed by atoms with Gasteiger partial charge >= 0.3 is 6.03 Å². The molecule has 1 atom stereocenters. The zero-order valence-corrected chi connectivity index (χ0v) is 14.8. The third-order valence-electron chi connectivity index (χ3n) is 4.43. The average molecular weight is 355 g/mol. The number of carbonyl (C=O) groups is 2. The van der Waals surface area contributed by atoms with Crippen molar-refractivity contribution < 1.29 is 14.0 Å². The Hall–Kier alpha value is -2.89. The van der Waals surface area contributed by atoms with E-state index in [0.29, 0.717) is 23.8 Å². The van der Waals surface area contributed by atoms with Crippen molar-refractivity contribution in [3.05, 3.63) is 59.9 Å². The smallest absolute Gasteiger partial charge is 0.319 e. The predicted octanol–water partition coefficient (Wildman–Crippen LogP) is 3.88. The summed E-state index contributed by atoms with van der Waals surface area (Å²) in [6.07, 6.45) is 0.219. The Labute approximate surface area is 152 Å². The van der Waals surface area contributed by atoms with Gasteiger partial charge in [-0.3, -0.25) is 4.79 Å². The topological polar surface area (TPSA) is 61.4 Å². The van der Waals surface area contributed by atoms with Crippen molar-refractivity contribution in [2.45, 2.75) is 32.2 Å². The first-order chi connectivity index (χ1) is 12.4. The Bertz CT molecular complexity index is 788. The fourth-order valence-corrected chi connectivity index (χ4v) is 2.98. The van der Waals surface area contributed by atoms with Crippen molar-refractivity contribution in [1.29, 1.82) is 0 Å². The number of nitrogens with one attached hydrogen (secondary N) is 2. The normalized spacial score (nSPS) is 16.8. The SMILES string of the molecule is CC(C)c1ccc(NC(=O)NC2CC(=O)N(c3ccc(F)cc3)C2)cc1. The molecule has 5 nitrogen and oxygen atoms in total. The molecule has 2 aromatic rings. The molecule has 26 heavy (non-hydrogen) atoms. The van der Waals surface area contributed by atoms with Crippen LogP contribution in [0, 0.1) is 5.82 Å². The highest BCUT2D eigenvalue weighted by Gasteiger charge is 2.31. The van der Waals surface area contributed by atoms with Crippen LogP contribution in [0.5, 0.6) is 0 Å². The van der Waals surface area contributed by atoms with Crippen LogP contribution in [0.2, 0.25) is 0 Å². The van der Waals surface area contributed by atoms with Crippen LogP contribution in [0.4, 0.5) is 20.6 Å². The van der Waals surface area contributed by atoms with Crippen molar-refractivity contribution in [2.24, 2.45) is 0 Å². The third kappa shape index (κ3) is 4.20. The number of hydrogen-bond donors (Lipinski definition) is 2. The summed E-state index contributed by atoms with van der Waals surface area (Å²) in [4.78, 5) is 25.9. The van der Waals surface area contributed by atoms with E-state index in [1.165, 1.54) is 17.7 Å². The van der Waals surface area contributed by atoms with Crippen LogP contribution in [0.25, 0.3) is 0 Å². The van der Waals surface area contributed by atoms with E-state index in [-0.39, 0.29) is 30.2 Å². The molecular weight excluding hydrogens is 333 g/mol. The molecule has 3 amide bonds. The van der Waals surface area contributed by atoms with Gasteiger partial charge in [-0.1, -0.05) is 26.0 Å². The molecule has 1 aliphatic rings. The maximum absolute atomic E-state index is 13.0. The van der Waals surface area contributed by atoms with E-state index in [0.717, 1.165) is 0 Å². The lowest BCUT2D eigenvalue weighted by Gasteiger charge is -2.17. The molecule has 0 saturated carbocycles. The monoisotopic (exact) mass is 355 g/mol. The second kappa shape index (κ2) is 7.56. The number of amides is 3. The summed E-state index contributed by atoms with van der Waals surface area (Å²) in [6.45, 7) is 4.59. The number of anilines is 2. The van der Waals surface area contributed by atoms with Gasteiger partial charge in [0.25, 0.3) is 0 Å². The van der Waals surface area contributed by atoms with Crippen molar-refractivity contribution in [3.8, 4) is 0 Å². The maximum Gasteiger partial charge on any atom is 0.319 e. The van der Waals surface area contributed by atoms with Crippen LogP contribution in [0.15, 0.2) is 48.5 Å². The van der Waals surface area contributed by atoms with Gasteiger partial charge in [-0.05, 0) is 47.9 Å². The van der Waals surface area contributed by atoms with Gasteiger partial charge in [0, 0.05) is 24.3 Å². The third-order valence-corrected chi connectivity index (χ3v) is 4.43. The molecule has 0 bridgehead atoms. The van der Waals surface area contributed by atoms with Crippen molar-refractivity contribution >= 4 is 23.3 Å². The molecule has 1 saturated heterocycles. The molecule has 0 aliphatic carbocycles. The van der Waals surface area contributed by atoms with E-state index in [2.05, 4.69) is 24.5 Å². The van der Waals surface area contributed by atoms with Crippen molar-refractivity contribution in [1.82, 2.24) is 5.32 Å². The molecular formula is C20H22FN3O2. The van der Waals surface area contributed by atoms with Gasteiger partial charge in [-0.15, -0.1) is 0 Å². The first-order valence-corrected chi connectivity index (χ1v) is 8.66. The predicted molar refractivity (Wildman–Crippen MR) is 99.8 cm³/mol. The number of benzene rings is 2. The Morgan fingerprint density at radius 3 is 2.38 bits per heavy atom. The number of hydrogen-bond acceptors (Lipinski definition) is 2. The quantitative estimate of drug-likeness (QED) is 0.874. The van der Waals surface area contributed by atoms with Crippen LogP contribution in [-0.2, 0) is 4.79 Å². The van der Waals surface area contributed by atoms with Crippen molar-refractivity contribution in [3.63, 3.8) is 0 Å². The van der Waals surface area contributed by atoms with Gasteiger partial charge in [-0.25, -0.2) is 9.18 Å². The fourth-order valence-electron chi connectivity index (χ4n) is 2.98. The maximum atomic E-state index is 13.0. The minimum Gasteiger partial charge on any atom is -0.333 e. The van der Waals surface area contributed by atoms with Crippen molar-refractivity contribution in [2.75, 3.05) is 16.8 Å². The van der Waals surface area contributed by atoms with Gasteiger partial charge in [-0.2, -0.15) is 0 Å². The fraction of sp³-hybridized carbons (Fsp3) is 0.300. The van der Waals surface area contributed by atoms with E-state index in [1.54, 1.807) is 17.0 Å². The lowest BCUT2D eigenvalue weighted by Crippen LogP contribution is -2.39. The largest absolute Gasteiger partial charge is 0.333 e. The molecule has 6 heteroatoms. The Morgan fingerprint density at radius 2 is 1.77 bits per heavy atom. The molecule has 0 radical (unpaired) electrons. The number of carbonyl (C=O) groups excluding carboxylic acids is 2. The number of urea groups is 1. The average Bonchev–Trinajstić information content (AvgIpc) is 2.96. The highest BCUT2D eigenvalue weighted by molar-refractivity contribution is 5.97. The summed E-state index contributed by atoms with van der Waals surface area (Å²) in [7, 11) is 0. The standard InChI is InChI=1S/C20H22FN3O2/c1-13(2)14-3-7-16(8-4-14)22-20(26)23-17-11-19(25)24(12-17)18-9-5-15(21)6-10-18/h3-10,13,17H,11-12H2,1-2H3,(H2,22,23,26). The lowest BCUT2D eigenvalue weighted by atomic mass is 10.0. The highest BCUT2D eigenvalue weighted by atomic mass is 19.1. The molecule has 1 fully saturated rings. The molecule has 1 aliphatic heterocycles. The summed E-state index contributed by atoms with van der Waals surface area (Å²) in [5, 5.41) is 5.60. The molecule has 2 aromatic carbocycles.